The van der Waals surface area contributed by atoms with E-state index in [4.69, 9.17) is 9.15 Å². The lowest BCUT2D eigenvalue weighted by atomic mass is 10.1. The molecule has 72 valence electrons. The molecule has 4 heteroatoms. The molecule has 0 saturated carbocycles. The van der Waals surface area contributed by atoms with Gasteiger partial charge >= 0.3 is 0 Å². The van der Waals surface area contributed by atoms with E-state index in [2.05, 4.69) is 10.2 Å². The molecular formula is C10H10N2O2. The number of benzene rings is 1. The summed E-state index contributed by atoms with van der Waals surface area (Å²) < 4.78 is 10.2. The number of rotatable bonds is 3. The standard InChI is InChI=1S/C10H10N2O2/c1-13-9-4-2-3-8(5-9)6-10-12-11-7-14-10/h2-5,7H,6H2,1H3. The first-order chi connectivity index (χ1) is 6.88. The molecule has 0 bridgehead atoms. The highest BCUT2D eigenvalue weighted by atomic mass is 16.5. The van der Waals surface area contributed by atoms with Crippen LogP contribution < -0.4 is 4.74 Å². The van der Waals surface area contributed by atoms with Gasteiger partial charge in [0.25, 0.3) is 0 Å². The maximum absolute atomic E-state index is 5.11. The van der Waals surface area contributed by atoms with Gasteiger partial charge in [-0.25, -0.2) is 0 Å². The van der Waals surface area contributed by atoms with Crippen LogP contribution in [-0.4, -0.2) is 17.3 Å². The Hall–Kier alpha value is -1.84. The molecule has 0 saturated heterocycles. The highest BCUT2D eigenvalue weighted by Gasteiger charge is 2.01. The SMILES string of the molecule is COc1cccc(Cc2nnco2)c1. The summed E-state index contributed by atoms with van der Waals surface area (Å²) in [6.45, 7) is 0. The maximum Gasteiger partial charge on any atom is 0.220 e. The number of methoxy groups -OCH3 is 1. The van der Waals surface area contributed by atoms with Crippen molar-refractivity contribution < 1.29 is 9.15 Å². The largest absolute Gasteiger partial charge is 0.497 e. The second kappa shape index (κ2) is 3.91. The van der Waals surface area contributed by atoms with Gasteiger partial charge in [-0.3, -0.25) is 0 Å². The molecule has 0 aliphatic heterocycles. The summed E-state index contributed by atoms with van der Waals surface area (Å²) in [6, 6.07) is 7.78. The van der Waals surface area contributed by atoms with Crippen LogP contribution >= 0.6 is 0 Å². The predicted molar refractivity (Wildman–Crippen MR) is 50.1 cm³/mol. The molecule has 0 aliphatic carbocycles. The molecule has 2 rings (SSSR count). The summed E-state index contributed by atoms with van der Waals surface area (Å²) in [6.07, 6.45) is 1.96. The Bertz CT molecular complexity index is 398. The Morgan fingerprint density at radius 2 is 2.36 bits per heavy atom. The molecule has 0 amide bonds. The lowest BCUT2D eigenvalue weighted by Gasteiger charge is -2.01. The third-order valence-electron chi connectivity index (χ3n) is 1.89. The predicted octanol–water partition coefficient (Wildman–Crippen LogP) is 1.67. The van der Waals surface area contributed by atoms with Crippen molar-refractivity contribution in [1.82, 2.24) is 10.2 Å². The van der Waals surface area contributed by atoms with Crippen LogP contribution in [0.25, 0.3) is 0 Å². The normalized spacial score (nSPS) is 10.1. The zero-order chi connectivity index (χ0) is 9.80. The van der Waals surface area contributed by atoms with E-state index in [1.54, 1.807) is 7.11 Å². The zero-order valence-corrected chi connectivity index (χ0v) is 7.80. The summed E-state index contributed by atoms with van der Waals surface area (Å²) in [5.74, 6) is 1.44. The maximum atomic E-state index is 5.11. The van der Waals surface area contributed by atoms with E-state index in [1.807, 2.05) is 24.3 Å². The van der Waals surface area contributed by atoms with Gasteiger partial charge in [0.1, 0.15) is 5.75 Å². The van der Waals surface area contributed by atoms with Crippen LogP contribution in [0.1, 0.15) is 11.5 Å². The number of hydrogen-bond acceptors (Lipinski definition) is 4. The van der Waals surface area contributed by atoms with E-state index < -0.39 is 0 Å². The van der Waals surface area contributed by atoms with Crippen molar-refractivity contribution in [3.63, 3.8) is 0 Å². The Labute approximate surface area is 81.5 Å². The van der Waals surface area contributed by atoms with E-state index in [9.17, 15) is 0 Å². The minimum absolute atomic E-state index is 0.609. The summed E-state index contributed by atoms with van der Waals surface area (Å²) in [7, 11) is 1.64. The van der Waals surface area contributed by atoms with Crippen LogP contribution in [-0.2, 0) is 6.42 Å². The minimum Gasteiger partial charge on any atom is -0.497 e. The number of nitrogens with zero attached hydrogens (tertiary/aromatic N) is 2. The highest BCUT2D eigenvalue weighted by molar-refractivity contribution is 5.29. The van der Waals surface area contributed by atoms with Crippen molar-refractivity contribution in [1.29, 1.82) is 0 Å². The first kappa shape index (κ1) is 8.74. The Morgan fingerprint density at radius 1 is 1.43 bits per heavy atom. The third-order valence-corrected chi connectivity index (χ3v) is 1.89. The van der Waals surface area contributed by atoms with Crippen LogP contribution in [0, 0.1) is 0 Å². The van der Waals surface area contributed by atoms with E-state index in [0.717, 1.165) is 11.3 Å². The number of hydrogen-bond donors (Lipinski definition) is 0. The van der Waals surface area contributed by atoms with E-state index in [0.29, 0.717) is 12.3 Å². The van der Waals surface area contributed by atoms with Crippen molar-refractivity contribution in [3.8, 4) is 5.75 Å². The lowest BCUT2D eigenvalue weighted by molar-refractivity contribution is 0.414. The summed E-state index contributed by atoms with van der Waals surface area (Å²) in [4.78, 5) is 0. The van der Waals surface area contributed by atoms with Crippen molar-refractivity contribution in [3.05, 3.63) is 42.1 Å². The van der Waals surface area contributed by atoms with Gasteiger partial charge in [0, 0.05) is 0 Å². The molecule has 0 radical (unpaired) electrons. The summed E-state index contributed by atoms with van der Waals surface area (Å²) in [5.41, 5.74) is 1.09. The second-order valence-electron chi connectivity index (χ2n) is 2.86. The molecule has 0 spiro atoms. The molecular weight excluding hydrogens is 180 g/mol. The van der Waals surface area contributed by atoms with Gasteiger partial charge in [-0.15, -0.1) is 10.2 Å². The smallest absolute Gasteiger partial charge is 0.220 e. The first-order valence-corrected chi connectivity index (χ1v) is 4.26. The van der Waals surface area contributed by atoms with Crippen molar-refractivity contribution in [2.24, 2.45) is 0 Å². The van der Waals surface area contributed by atoms with E-state index >= 15 is 0 Å². The average Bonchev–Trinajstić information content (AvgIpc) is 2.71. The Kier molecular flexibility index (Phi) is 2.44. The molecule has 14 heavy (non-hydrogen) atoms. The molecule has 0 N–H and O–H groups in total. The highest BCUT2D eigenvalue weighted by Crippen LogP contribution is 2.14. The molecule has 1 aromatic carbocycles. The van der Waals surface area contributed by atoms with Gasteiger partial charge in [0.2, 0.25) is 12.3 Å². The molecule has 4 nitrogen and oxygen atoms in total. The first-order valence-electron chi connectivity index (χ1n) is 4.26. The lowest BCUT2D eigenvalue weighted by Crippen LogP contribution is -1.90. The fourth-order valence-electron chi connectivity index (χ4n) is 1.23. The van der Waals surface area contributed by atoms with Crippen molar-refractivity contribution in [2.75, 3.05) is 7.11 Å². The molecule has 0 fully saturated rings. The van der Waals surface area contributed by atoms with Crippen LogP contribution in [0.2, 0.25) is 0 Å². The van der Waals surface area contributed by atoms with Crippen molar-refractivity contribution in [2.45, 2.75) is 6.42 Å². The fourth-order valence-corrected chi connectivity index (χ4v) is 1.23. The zero-order valence-electron chi connectivity index (χ0n) is 7.80. The van der Waals surface area contributed by atoms with Crippen LogP contribution in [0.3, 0.4) is 0 Å². The van der Waals surface area contributed by atoms with Crippen molar-refractivity contribution >= 4 is 0 Å². The minimum atomic E-state index is 0.609. The Balaban J connectivity index is 2.17. The van der Waals surface area contributed by atoms with Crippen LogP contribution in [0.5, 0.6) is 5.75 Å². The molecule has 0 aliphatic rings. The molecule has 1 heterocycles. The van der Waals surface area contributed by atoms with Gasteiger partial charge in [0.05, 0.1) is 13.5 Å². The second-order valence-corrected chi connectivity index (χ2v) is 2.86. The molecule has 0 unspecified atom stereocenters. The quantitative estimate of drug-likeness (QED) is 0.738. The van der Waals surface area contributed by atoms with Gasteiger partial charge in [-0.05, 0) is 17.7 Å². The third kappa shape index (κ3) is 1.90. The fraction of sp³-hybridized carbons (Fsp3) is 0.200. The van der Waals surface area contributed by atoms with Crippen LogP contribution in [0.4, 0.5) is 0 Å². The van der Waals surface area contributed by atoms with Crippen LogP contribution in [0.15, 0.2) is 35.1 Å². The van der Waals surface area contributed by atoms with E-state index in [1.165, 1.54) is 6.39 Å². The monoisotopic (exact) mass is 190 g/mol. The topological polar surface area (TPSA) is 48.2 Å². The molecule has 2 aromatic rings. The molecule has 1 aromatic heterocycles. The van der Waals surface area contributed by atoms with Gasteiger partial charge in [0.15, 0.2) is 0 Å². The Morgan fingerprint density at radius 3 is 3.07 bits per heavy atom. The van der Waals surface area contributed by atoms with Gasteiger partial charge in [-0.2, -0.15) is 0 Å². The van der Waals surface area contributed by atoms with Gasteiger partial charge in [-0.1, -0.05) is 12.1 Å². The summed E-state index contributed by atoms with van der Waals surface area (Å²) >= 11 is 0. The average molecular weight is 190 g/mol. The summed E-state index contributed by atoms with van der Waals surface area (Å²) in [5, 5.41) is 7.42. The number of ether oxygens (including phenoxy) is 1. The number of aromatic nitrogens is 2. The van der Waals surface area contributed by atoms with Gasteiger partial charge < -0.3 is 9.15 Å². The molecule has 0 atom stereocenters. The van der Waals surface area contributed by atoms with E-state index in [-0.39, 0.29) is 0 Å².